The Labute approximate surface area is 168 Å². The second-order valence-corrected chi connectivity index (χ2v) is 7.11. The van der Waals surface area contributed by atoms with Crippen LogP contribution in [0.3, 0.4) is 0 Å². The Morgan fingerprint density at radius 1 is 1.17 bits per heavy atom. The summed E-state index contributed by atoms with van der Waals surface area (Å²) < 4.78 is 48.4. The van der Waals surface area contributed by atoms with Gasteiger partial charge in [0.1, 0.15) is 23.9 Å². The lowest BCUT2D eigenvalue weighted by Crippen LogP contribution is -2.33. The van der Waals surface area contributed by atoms with Crippen LogP contribution in [-0.4, -0.2) is 26.9 Å². The minimum absolute atomic E-state index is 0.0769. The largest absolute Gasteiger partial charge is 0.573 e. The topological polar surface area (TPSA) is 82.2 Å². The average molecular weight is 416 g/mol. The van der Waals surface area contributed by atoms with E-state index in [1.54, 1.807) is 17.0 Å². The first-order valence-corrected chi connectivity index (χ1v) is 9.21. The summed E-state index contributed by atoms with van der Waals surface area (Å²) in [4.78, 5) is 17.3. The van der Waals surface area contributed by atoms with E-state index in [1.807, 2.05) is 6.07 Å². The Hall–Kier alpha value is -3.56. The van der Waals surface area contributed by atoms with E-state index in [2.05, 4.69) is 20.1 Å². The van der Waals surface area contributed by atoms with E-state index in [-0.39, 0.29) is 23.9 Å². The van der Waals surface area contributed by atoms with Gasteiger partial charge in [-0.2, -0.15) is 10.1 Å². The number of rotatable bonds is 3. The van der Waals surface area contributed by atoms with Crippen LogP contribution in [0.4, 0.5) is 19.1 Å². The van der Waals surface area contributed by atoms with Gasteiger partial charge in [-0.15, -0.1) is 13.2 Å². The van der Waals surface area contributed by atoms with E-state index in [9.17, 15) is 18.0 Å². The van der Waals surface area contributed by atoms with Crippen LogP contribution in [0, 0.1) is 0 Å². The molecule has 7 nitrogen and oxygen atoms in total. The number of carbonyl (C=O) groups excluding carboxylic acids is 1. The molecular formula is C20H15F3N4O3. The zero-order chi connectivity index (χ0) is 20.9. The molecule has 0 bridgehead atoms. The first kappa shape index (κ1) is 18.5. The minimum Gasteiger partial charge on any atom is -0.469 e. The SMILES string of the molecule is O=C1C[C@@H](c2ccco2)CC2=C1[C@@H](c1ccc(OC(F)(F)F)cc1)n1ncnc1N2. The molecule has 0 fully saturated rings. The van der Waals surface area contributed by atoms with Crippen molar-refractivity contribution in [1.82, 2.24) is 14.8 Å². The van der Waals surface area contributed by atoms with Gasteiger partial charge in [-0.25, -0.2) is 4.68 Å². The fraction of sp³-hybridized carbons (Fsp3) is 0.250. The highest BCUT2D eigenvalue weighted by atomic mass is 19.4. The maximum atomic E-state index is 13.1. The van der Waals surface area contributed by atoms with Crippen molar-refractivity contribution in [3.8, 4) is 5.75 Å². The first-order chi connectivity index (χ1) is 14.4. The normalized spacial score (nSPS) is 21.1. The van der Waals surface area contributed by atoms with E-state index in [0.717, 1.165) is 5.76 Å². The molecule has 1 aromatic carbocycles. The number of alkyl halides is 3. The number of ether oxygens (including phenoxy) is 1. The van der Waals surface area contributed by atoms with E-state index in [0.29, 0.717) is 29.2 Å². The number of Topliss-reactive ketones (excluding diaryl/α,β-unsaturated/α-hetero) is 1. The summed E-state index contributed by atoms with van der Waals surface area (Å²) in [6.45, 7) is 0. The second kappa shape index (κ2) is 6.75. The summed E-state index contributed by atoms with van der Waals surface area (Å²) in [5.74, 6) is 0.681. The number of allylic oxidation sites excluding steroid dienone is 2. The standard InChI is InChI=1S/C20H15F3N4O3/c21-20(22,23)30-13-5-3-11(4-6-13)18-17-14(26-19-24-10-25-27(18)19)8-12(9-15(17)28)16-2-1-7-29-16/h1-7,10,12,18H,8-9H2,(H,24,25,26)/t12-,18+/m0/s1. The van der Waals surface area contributed by atoms with Gasteiger partial charge >= 0.3 is 6.36 Å². The first-order valence-electron chi connectivity index (χ1n) is 9.21. The molecule has 0 saturated heterocycles. The molecule has 0 spiro atoms. The lowest BCUT2D eigenvalue weighted by molar-refractivity contribution is -0.274. The van der Waals surface area contributed by atoms with Crippen molar-refractivity contribution in [1.29, 1.82) is 0 Å². The van der Waals surface area contributed by atoms with Crippen molar-refractivity contribution in [2.24, 2.45) is 0 Å². The third-order valence-electron chi connectivity index (χ3n) is 5.24. The highest BCUT2D eigenvalue weighted by Gasteiger charge is 2.40. The molecule has 154 valence electrons. The molecule has 2 atom stereocenters. The van der Waals surface area contributed by atoms with Crippen molar-refractivity contribution in [2.75, 3.05) is 5.32 Å². The maximum Gasteiger partial charge on any atom is 0.573 e. The van der Waals surface area contributed by atoms with Crippen LogP contribution in [-0.2, 0) is 4.79 Å². The molecular weight excluding hydrogens is 401 g/mol. The van der Waals surface area contributed by atoms with Crippen LogP contribution in [0.5, 0.6) is 5.75 Å². The third-order valence-corrected chi connectivity index (χ3v) is 5.24. The van der Waals surface area contributed by atoms with Gasteiger partial charge in [0.15, 0.2) is 5.78 Å². The molecule has 1 aliphatic heterocycles. The lowest BCUT2D eigenvalue weighted by Gasteiger charge is -2.34. The molecule has 2 aromatic heterocycles. The summed E-state index contributed by atoms with van der Waals surface area (Å²) in [6, 6.07) is 8.47. The molecule has 30 heavy (non-hydrogen) atoms. The van der Waals surface area contributed by atoms with E-state index >= 15 is 0 Å². The summed E-state index contributed by atoms with van der Waals surface area (Å²) in [6.07, 6.45) is -1.02. The molecule has 1 aliphatic carbocycles. The number of aromatic nitrogens is 3. The predicted octanol–water partition coefficient (Wildman–Crippen LogP) is 4.19. The number of furan rings is 1. The molecule has 5 rings (SSSR count). The van der Waals surface area contributed by atoms with Crippen LogP contribution < -0.4 is 10.1 Å². The van der Waals surface area contributed by atoms with Crippen molar-refractivity contribution in [3.05, 3.63) is 71.6 Å². The van der Waals surface area contributed by atoms with Gasteiger partial charge in [0.05, 0.1) is 6.26 Å². The second-order valence-electron chi connectivity index (χ2n) is 7.11. The fourth-order valence-electron chi connectivity index (χ4n) is 4.04. The molecule has 0 radical (unpaired) electrons. The smallest absolute Gasteiger partial charge is 0.469 e. The van der Waals surface area contributed by atoms with Crippen molar-refractivity contribution < 1.29 is 27.1 Å². The number of hydrogen-bond donors (Lipinski definition) is 1. The number of fused-ring (bicyclic) bond motifs is 1. The van der Waals surface area contributed by atoms with Gasteiger partial charge in [-0.3, -0.25) is 4.79 Å². The van der Waals surface area contributed by atoms with Crippen LogP contribution in [0.1, 0.15) is 36.1 Å². The Bertz CT molecular complexity index is 1120. The number of nitrogens with one attached hydrogen (secondary N) is 1. The van der Waals surface area contributed by atoms with Crippen molar-refractivity contribution in [3.63, 3.8) is 0 Å². The van der Waals surface area contributed by atoms with Crippen LogP contribution in [0.25, 0.3) is 0 Å². The summed E-state index contributed by atoms with van der Waals surface area (Å²) in [5.41, 5.74) is 1.85. The molecule has 10 heteroatoms. The van der Waals surface area contributed by atoms with Gasteiger partial charge in [-0.05, 0) is 36.2 Å². The number of nitrogens with zero attached hydrogens (tertiary/aromatic N) is 3. The van der Waals surface area contributed by atoms with Crippen LogP contribution in [0.2, 0.25) is 0 Å². The zero-order valence-corrected chi connectivity index (χ0v) is 15.4. The van der Waals surface area contributed by atoms with E-state index < -0.39 is 12.4 Å². The Morgan fingerprint density at radius 2 is 1.97 bits per heavy atom. The highest BCUT2D eigenvalue weighted by Crippen LogP contribution is 2.44. The molecule has 3 heterocycles. The molecule has 0 unspecified atom stereocenters. The molecule has 1 N–H and O–H groups in total. The highest BCUT2D eigenvalue weighted by molar-refractivity contribution is 6.00. The van der Waals surface area contributed by atoms with Crippen LogP contribution >= 0.6 is 0 Å². The molecule has 3 aromatic rings. The number of anilines is 1. The van der Waals surface area contributed by atoms with Gasteiger partial charge in [0, 0.05) is 23.6 Å². The monoisotopic (exact) mass is 416 g/mol. The van der Waals surface area contributed by atoms with Gasteiger partial charge in [0.2, 0.25) is 5.95 Å². The van der Waals surface area contributed by atoms with E-state index in [4.69, 9.17) is 4.42 Å². The number of hydrogen-bond acceptors (Lipinski definition) is 6. The number of halogens is 3. The van der Waals surface area contributed by atoms with Crippen molar-refractivity contribution in [2.45, 2.75) is 31.2 Å². The summed E-state index contributed by atoms with van der Waals surface area (Å²) >= 11 is 0. The summed E-state index contributed by atoms with van der Waals surface area (Å²) in [7, 11) is 0. The quantitative estimate of drug-likeness (QED) is 0.690. The van der Waals surface area contributed by atoms with Crippen LogP contribution in [0.15, 0.2) is 64.7 Å². The number of ketones is 1. The molecule has 2 aliphatic rings. The fourth-order valence-corrected chi connectivity index (χ4v) is 4.04. The summed E-state index contributed by atoms with van der Waals surface area (Å²) in [5, 5.41) is 7.39. The number of benzene rings is 1. The lowest BCUT2D eigenvalue weighted by atomic mass is 9.79. The van der Waals surface area contributed by atoms with E-state index in [1.165, 1.54) is 30.6 Å². The minimum atomic E-state index is -4.77. The Kier molecular flexibility index (Phi) is 4.16. The van der Waals surface area contributed by atoms with Gasteiger partial charge < -0.3 is 14.5 Å². The Morgan fingerprint density at radius 3 is 2.67 bits per heavy atom. The average Bonchev–Trinajstić information content (AvgIpc) is 3.37. The molecule has 0 amide bonds. The number of carbonyl (C=O) groups is 1. The van der Waals surface area contributed by atoms with Gasteiger partial charge in [-0.1, -0.05) is 12.1 Å². The molecule has 0 saturated carbocycles. The maximum absolute atomic E-state index is 13.1. The van der Waals surface area contributed by atoms with Gasteiger partial charge in [0.25, 0.3) is 0 Å². The zero-order valence-electron chi connectivity index (χ0n) is 15.4. The predicted molar refractivity (Wildman–Crippen MR) is 97.6 cm³/mol. The third kappa shape index (κ3) is 3.23. The Balaban J connectivity index is 1.53. The van der Waals surface area contributed by atoms with Crippen molar-refractivity contribution >= 4 is 11.7 Å².